The van der Waals surface area contributed by atoms with Crippen molar-refractivity contribution in [3.8, 4) is 5.75 Å². The van der Waals surface area contributed by atoms with E-state index in [1.54, 1.807) is 18.2 Å². The van der Waals surface area contributed by atoms with Crippen LogP contribution in [0.15, 0.2) is 24.3 Å². The number of methoxy groups -OCH3 is 1. The molecular weight excluding hydrogens is 198 g/mol. The molecule has 1 aromatic rings. The summed E-state index contributed by atoms with van der Waals surface area (Å²) in [5, 5.41) is 10.5. The summed E-state index contributed by atoms with van der Waals surface area (Å²) >= 11 is 0. The fourth-order valence-electron chi connectivity index (χ4n) is 1.07. The van der Waals surface area contributed by atoms with Crippen molar-refractivity contribution >= 4 is 11.8 Å². The highest BCUT2D eigenvalue weighted by Gasteiger charge is 2.13. The summed E-state index contributed by atoms with van der Waals surface area (Å²) in [4.78, 5) is 22.2. The molecule has 0 heterocycles. The van der Waals surface area contributed by atoms with Crippen LogP contribution in [-0.2, 0) is 4.79 Å². The minimum Gasteiger partial charge on any atom is -0.496 e. The fraction of sp³-hybridized carbons (Fsp3) is 0.200. The van der Waals surface area contributed by atoms with E-state index in [0.29, 0.717) is 5.75 Å². The van der Waals surface area contributed by atoms with Crippen molar-refractivity contribution < 1.29 is 19.4 Å². The van der Waals surface area contributed by atoms with Crippen molar-refractivity contribution in [3.63, 3.8) is 0 Å². The molecule has 5 nitrogen and oxygen atoms in total. The van der Waals surface area contributed by atoms with Crippen LogP contribution in [0, 0.1) is 0 Å². The molecule has 0 fully saturated rings. The van der Waals surface area contributed by atoms with Gasteiger partial charge in [-0.25, -0.2) is 0 Å². The maximum absolute atomic E-state index is 11.5. The number of aliphatic hydroxyl groups excluding tert-OH is 1. The summed E-state index contributed by atoms with van der Waals surface area (Å²) in [5.74, 6) is -0.960. The molecule has 0 aliphatic rings. The Morgan fingerprint density at radius 2 is 2.07 bits per heavy atom. The number of hydrogen-bond acceptors (Lipinski definition) is 4. The summed E-state index contributed by atoms with van der Waals surface area (Å²) in [6.07, 6.45) is 0. The van der Waals surface area contributed by atoms with Gasteiger partial charge in [-0.3, -0.25) is 14.9 Å². The third kappa shape index (κ3) is 2.78. The SMILES string of the molecule is COc1ccccc1C(=O)NC(=O)CO. The second-order valence-corrected chi connectivity index (χ2v) is 2.74. The van der Waals surface area contributed by atoms with Gasteiger partial charge in [0.15, 0.2) is 0 Å². The number of hydrogen-bond donors (Lipinski definition) is 2. The Labute approximate surface area is 86.7 Å². The standard InChI is InChI=1S/C10H11NO4/c1-15-8-5-3-2-4-7(8)10(14)11-9(13)6-12/h2-5,12H,6H2,1H3,(H,11,13,14). The number of ether oxygens (including phenoxy) is 1. The van der Waals surface area contributed by atoms with Gasteiger partial charge in [-0.1, -0.05) is 12.1 Å². The molecule has 2 amide bonds. The van der Waals surface area contributed by atoms with Crippen molar-refractivity contribution in [2.24, 2.45) is 0 Å². The van der Waals surface area contributed by atoms with E-state index in [1.165, 1.54) is 13.2 Å². The molecular formula is C10H11NO4. The zero-order valence-electron chi connectivity index (χ0n) is 8.19. The molecule has 0 bridgehead atoms. The van der Waals surface area contributed by atoms with Gasteiger partial charge in [0.2, 0.25) is 0 Å². The molecule has 0 aromatic heterocycles. The number of benzene rings is 1. The molecule has 1 aromatic carbocycles. The van der Waals surface area contributed by atoms with Gasteiger partial charge in [0, 0.05) is 0 Å². The number of amides is 2. The Hall–Kier alpha value is -1.88. The van der Waals surface area contributed by atoms with Gasteiger partial charge in [-0.15, -0.1) is 0 Å². The van der Waals surface area contributed by atoms with Crippen LogP contribution < -0.4 is 10.1 Å². The molecule has 0 radical (unpaired) electrons. The molecule has 0 unspecified atom stereocenters. The van der Waals surface area contributed by atoms with E-state index in [-0.39, 0.29) is 5.56 Å². The van der Waals surface area contributed by atoms with Crippen LogP contribution in [0.4, 0.5) is 0 Å². The molecule has 5 heteroatoms. The second-order valence-electron chi connectivity index (χ2n) is 2.74. The average Bonchev–Trinajstić information content (AvgIpc) is 2.28. The Kier molecular flexibility index (Phi) is 3.82. The Bertz CT molecular complexity index is 375. The van der Waals surface area contributed by atoms with Crippen LogP contribution in [0.3, 0.4) is 0 Å². The van der Waals surface area contributed by atoms with Gasteiger partial charge in [-0.05, 0) is 12.1 Å². The summed E-state index contributed by atoms with van der Waals surface area (Å²) in [7, 11) is 1.43. The molecule has 80 valence electrons. The molecule has 0 saturated heterocycles. The van der Waals surface area contributed by atoms with Crippen LogP contribution in [0.1, 0.15) is 10.4 Å². The number of carbonyl (C=O) groups is 2. The summed E-state index contributed by atoms with van der Waals surface area (Å²) in [6, 6.07) is 6.50. The van der Waals surface area contributed by atoms with Gasteiger partial charge >= 0.3 is 0 Å². The Morgan fingerprint density at radius 3 is 2.67 bits per heavy atom. The lowest BCUT2D eigenvalue weighted by Crippen LogP contribution is -2.32. The van der Waals surface area contributed by atoms with Gasteiger partial charge in [-0.2, -0.15) is 0 Å². The van der Waals surface area contributed by atoms with Crippen LogP contribution in [-0.4, -0.2) is 30.6 Å². The number of rotatable bonds is 3. The zero-order valence-corrected chi connectivity index (χ0v) is 8.19. The quantitative estimate of drug-likeness (QED) is 0.731. The summed E-state index contributed by atoms with van der Waals surface area (Å²) in [5.41, 5.74) is 0.252. The number of imide groups is 1. The first-order chi connectivity index (χ1) is 7.19. The van der Waals surface area contributed by atoms with Crippen LogP contribution in [0.25, 0.3) is 0 Å². The maximum atomic E-state index is 11.5. The average molecular weight is 209 g/mol. The smallest absolute Gasteiger partial charge is 0.261 e. The fourth-order valence-corrected chi connectivity index (χ4v) is 1.07. The van der Waals surface area contributed by atoms with Crippen molar-refractivity contribution in [1.29, 1.82) is 0 Å². The van der Waals surface area contributed by atoms with Gasteiger partial charge in [0.05, 0.1) is 12.7 Å². The minimum absolute atomic E-state index is 0.252. The normalized spacial score (nSPS) is 9.47. The van der Waals surface area contributed by atoms with E-state index in [1.807, 2.05) is 5.32 Å². The predicted molar refractivity (Wildman–Crippen MR) is 52.6 cm³/mol. The first-order valence-electron chi connectivity index (χ1n) is 4.27. The van der Waals surface area contributed by atoms with Crippen LogP contribution in [0.2, 0.25) is 0 Å². The van der Waals surface area contributed by atoms with Crippen molar-refractivity contribution in [1.82, 2.24) is 5.32 Å². The zero-order chi connectivity index (χ0) is 11.3. The monoisotopic (exact) mass is 209 g/mol. The van der Waals surface area contributed by atoms with E-state index in [0.717, 1.165) is 0 Å². The Morgan fingerprint density at radius 1 is 1.40 bits per heavy atom. The van der Waals surface area contributed by atoms with Gasteiger partial charge in [0.1, 0.15) is 12.4 Å². The largest absolute Gasteiger partial charge is 0.496 e. The lowest BCUT2D eigenvalue weighted by Gasteiger charge is -2.06. The second kappa shape index (κ2) is 5.11. The third-order valence-electron chi connectivity index (χ3n) is 1.75. The maximum Gasteiger partial charge on any atom is 0.261 e. The lowest BCUT2D eigenvalue weighted by atomic mass is 10.2. The predicted octanol–water partition coefficient (Wildman–Crippen LogP) is -0.0561. The topological polar surface area (TPSA) is 75.6 Å². The Balaban J connectivity index is 2.86. The highest BCUT2D eigenvalue weighted by Crippen LogP contribution is 2.16. The van der Waals surface area contributed by atoms with E-state index in [4.69, 9.17) is 9.84 Å². The lowest BCUT2D eigenvalue weighted by molar-refractivity contribution is -0.122. The number of para-hydroxylation sites is 1. The summed E-state index contributed by atoms with van der Waals surface area (Å²) in [6.45, 7) is -0.721. The van der Waals surface area contributed by atoms with Crippen LogP contribution >= 0.6 is 0 Å². The van der Waals surface area contributed by atoms with Gasteiger partial charge < -0.3 is 9.84 Å². The molecule has 15 heavy (non-hydrogen) atoms. The van der Waals surface area contributed by atoms with Crippen molar-refractivity contribution in [2.75, 3.05) is 13.7 Å². The molecule has 0 aliphatic heterocycles. The van der Waals surface area contributed by atoms with E-state index < -0.39 is 18.4 Å². The molecule has 0 spiro atoms. The molecule has 1 rings (SSSR count). The number of aliphatic hydroxyl groups is 1. The minimum atomic E-state index is -0.745. The first kappa shape index (κ1) is 11.2. The van der Waals surface area contributed by atoms with Crippen molar-refractivity contribution in [3.05, 3.63) is 29.8 Å². The van der Waals surface area contributed by atoms with Crippen molar-refractivity contribution in [2.45, 2.75) is 0 Å². The summed E-state index contributed by atoms with van der Waals surface area (Å²) < 4.78 is 4.95. The number of nitrogens with one attached hydrogen (secondary N) is 1. The van der Waals surface area contributed by atoms with Gasteiger partial charge in [0.25, 0.3) is 11.8 Å². The molecule has 0 atom stereocenters. The highest BCUT2D eigenvalue weighted by molar-refractivity contribution is 6.06. The highest BCUT2D eigenvalue weighted by atomic mass is 16.5. The first-order valence-corrected chi connectivity index (χ1v) is 4.27. The molecule has 2 N–H and O–H groups in total. The molecule has 0 aliphatic carbocycles. The molecule has 0 saturated carbocycles. The van der Waals surface area contributed by atoms with E-state index >= 15 is 0 Å². The number of carbonyl (C=O) groups excluding carboxylic acids is 2. The van der Waals surface area contributed by atoms with E-state index in [2.05, 4.69) is 0 Å². The van der Waals surface area contributed by atoms with E-state index in [9.17, 15) is 9.59 Å². The van der Waals surface area contributed by atoms with Crippen LogP contribution in [0.5, 0.6) is 5.75 Å². The third-order valence-corrected chi connectivity index (χ3v) is 1.75.